The molecule has 1 aliphatic heterocycles. The maximum Gasteiger partial charge on any atom is 0.263 e. The number of fused-ring (bicyclic) bond motifs is 2. The number of thiophene rings is 1. The first-order chi connectivity index (χ1) is 15.6. The number of carbonyl (C=O) groups excluding carboxylic acids is 2. The molecule has 3 aromatic rings. The van der Waals surface area contributed by atoms with E-state index in [1.807, 2.05) is 32.0 Å². The van der Waals surface area contributed by atoms with Gasteiger partial charge in [0.25, 0.3) is 5.56 Å². The summed E-state index contributed by atoms with van der Waals surface area (Å²) in [6.45, 7) is 13.2. The molecular formula is C24H26N4O3S2. The van der Waals surface area contributed by atoms with Gasteiger partial charge in [-0.3, -0.25) is 23.9 Å². The van der Waals surface area contributed by atoms with Gasteiger partial charge in [0.2, 0.25) is 11.8 Å². The van der Waals surface area contributed by atoms with Crippen LogP contribution >= 0.6 is 23.1 Å². The zero-order valence-corrected chi connectivity index (χ0v) is 20.9. The molecule has 0 spiro atoms. The van der Waals surface area contributed by atoms with Crippen molar-refractivity contribution in [1.82, 2.24) is 9.55 Å². The molecule has 1 unspecified atom stereocenters. The molecule has 0 saturated heterocycles. The maximum atomic E-state index is 13.7. The first-order valence-electron chi connectivity index (χ1n) is 10.6. The standard InChI is InChI=1S/C24H26N4O3S2/c1-7-12-27-21(30)18-13(2)14(3)32-19(18)26-23(27)33-15(4)20(29)28-17-11-9-8-10-16(17)25-22(31)24(28,5)6/h7-11,15H,1,12H2,2-6H3,(H,25,31). The lowest BCUT2D eigenvalue weighted by Crippen LogP contribution is -2.60. The highest BCUT2D eigenvalue weighted by Gasteiger charge is 2.45. The lowest BCUT2D eigenvalue weighted by molar-refractivity contribution is -0.126. The quantitative estimate of drug-likeness (QED) is 0.329. The third kappa shape index (κ3) is 3.79. The molecule has 3 heterocycles. The Morgan fingerprint density at radius 1 is 1.30 bits per heavy atom. The molecule has 0 aliphatic carbocycles. The van der Waals surface area contributed by atoms with Gasteiger partial charge in [-0.15, -0.1) is 17.9 Å². The Balaban J connectivity index is 1.75. The lowest BCUT2D eigenvalue weighted by Gasteiger charge is -2.43. The Kier molecular flexibility index (Phi) is 5.96. The van der Waals surface area contributed by atoms with E-state index in [0.717, 1.165) is 10.4 Å². The van der Waals surface area contributed by atoms with Gasteiger partial charge in [0, 0.05) is 11.4 Å². The Labute approximate surface area is 200 Å². The van der Waals surface area contributed by atoms with Gasteiger partial charge >= 0.3 is 0 Å². The molecule has 33 heavy (non-hydrogen) atoms. The topological polar surface area (TPSA) is 84.3 Å². The summed E-state index contributed by atoms with van der Waals surface area (Å²) in [6, 6.07) is 7.25. The number of hydrogen-bond acceptors (Lipinski definition) is 6. The van der Waals surface area contributed by atoms with Crippen LogP contribution in [0, 0.1) is 13.8 Å². The summed E-state index contributed by atoms with van der Waals surface area (Å²) in [4.78, 5) is 47.7. The summed E-state index contributed by atoms with van der Waals surface area (Å²) in [7, 11) is 0. The van der Waals surface area contributed by atoms with Crippen LogP contribution in [0.3, 0.4) is 0 Å². The highest BCUT2D eigenvalue weighted by atomic mass is 32.2. The van der Waals surface area contributed by atoms with E-state index in [2.05, 4.69) is 11.9 Å². The van der Waals surface area contributed by atoms with Gasteiger partial charge in [-0.1, -0.05) is 30.0 Å². The SMILES string of the molecule is C=CCn1c(SC(C)C(=O)N2c3ccccc3NC(=O)C2(C)C)nc2sc(C)c(C)c2c1=O. The molecule has 172 valence electrons. The van der Waals surface area contributed by atoms with Crippen LogP contribution in [0.1, 0.15) is 31.2 Å². The second-order valence-electron chi connectivity index (χ2n) is 8.53. The predicted molar refractivity (Wildman–Crippen MR) is 136 cm³/mol. The van der Waals surface area contributed by atoms with E-state index < -0.39 is 10.8 Å². The fourth-order valence-electron chi connectivity index (χ4n) is 3.93. The number of aryl methyl sites for hydroxylation is 2. The van der Waals surface area contributed by atoms with Gasteiger partial charge in [-0.2, -0.15) is 0 Å². The normalized spacial score (nSPS) is 15.8. The van der Waals surface area contributed by atoms with Gasteiger partial charge in [0.15, 0.2) is 5.16 Å². The largest absolute Gasteiger partial charge is 0.322 e. The first kappa shape index (κ1) is 23.3. The maximum absolute atomic E-state index is 13.7. The number of amides is 2. The van der Waals surface area contributed by atoms with E-state index in [4.69, 9.17) is 4.98 Å². The number of nitrogens with one attached hydrogen (secondary N) is 1. The summed E-state index contributed by atoms with van der Waals surface area (Å²) in [6.07, 6.45) is 1.65. The molecule has 0 saturated carbocycles. The highest BCUT2D eigenvalue weighted by molar-refractivity contribution is 8.00. The number of nitrogens with zero attached hydrogens (tertiary/aromatic N) is 3. The second-order valence-corrected chi connectivity index (χ2v) is 11.0. The first-order valence-corrected chi connectivity index (χ1v) is 12.3. The molecule has 1 N–H and O–H groups in total. The second kappa shape index (κ2) is 8.46. The third-order valence-electron chi connectivity index (χ3n) is 5.92. The van der Waals surface area contributed by atoms with E-state index in [-0.39, 0.29) is 17.4 Å². The number of thioether (sulfide) groups is 1. The van der Waals surface area contributed by atoms with Gasteiger partial charge in [-0.25, -0.2) is 4.98 Å². The van der Waals surface area contributed by atoms with Gasteiger partial charge in [-0.05, 0) is 52.3 Å². The van der Waals surface area contributed by atoms with Crippen LogP contribution in [0.2, 0.25) is 0 Å². The molecule has 4 rings (SSSR count). The van der Waals surface area contributed by atoms with E-state index in [9.17, 15) is 14.4 Å². The van der Waals surface area contributed by atoms with Crippen LogP contribution in [0.25, 0.3) is 10.2 Å². The Morgan fingerprint density at radius 3 is 2.70 bits per heavy atom. The number of aromatic nitrogens is 2. The monoisotopic (exact) mass is 482 g/mol. The molecule has 2 aromatic heterocycles. The average Bonchev–Trinajstić information content (AvgIpc) is 3.04. The molecule has 0 fully saturated rings. The molecule has 0 radical (unpaired) electrons. The fraction of sp³-hybridized carbons (Fsp3) is 0.333. The van der Waals surface area contributed by atoms with Crippen molar-refractivity contribution in [1.29, 1.82) is 0 Å². The van der Waals surface area contributed by atoms with E-state index in [0.29, 0.717) is 33.3 Å². The Hall–Kier alpha value is -2.91. The van der Waals surface area contributed by atoms with Crippen molar-refractivity contribution in [3.8, 4) is 0 Å². The van der Waals surface area contributed by atoms with Crippen molar-refractivity contribution in [2.45, 2.75) is 57.1 Å². The number of rotatable bonds is 5. The van der Waals surface area contributed by atoms with Crippen molar-refractivity contribution < 1.29 is 9.59 Å². The summed E-state index contributed by atoms with van der Waals surface area (Å²) in [5.74, 6) is -0.482. The summed E-state index contributed by atoms with van der Waals surface area (Å²) < 4.78 is 1.56. The number of carbonyl (C=O) groups is 2. The fourth-order valence-corrected chi connectivity index (χ4v) is 5.95. The molecule has 1 atom stereocenters. The minimum absolute atomic E-state index is 0.132. The number of anilines is 2. The van der Waals surface area contributed by atoms with Crippen molar-refractivity contribution >= 4 is 56.5 Å². The zero-order valence-electron chi connectivity index (χ0n) is 19.3. The predicted octanol–water partition coefficient (Wildman–Crippen LogP) is 4.51. The summed E-state index contributed by atoms with van der Waals surface area (Å²) in [5, 5.41) is 3.36. The average molecular weight is 483 g/mol. The zero-order chi connectivity index (χ0) is 24.1. The van der Waals surface area contributed by atoms with Crippen molar-refractivity contribution in [2.75, 3.05) is 10.2 Å². The molecule has 1 aromatic carbocycles. The minimum Gasteiger partial charge on any atom is -0.322 e. The van der Waals surface area contributed by atoms with Crippen LogP contribution in [0.4, 0.5) is 11.4 Å². The number of hydrogen-bond donors (Lipinski definition) is 1. The molecule has 0 bridgehead atoms. The molecule has 1 aliphatic rings. The Morgan fingerprint density at radius 2 is 2.00 bits per heavy atom. The molecule has 7 nitrogen and oxygen atoms in total. The van der Waals surface area contributed by atoms with Crippen LogP contribution in [-0.4, -0.2) is 32.2 Å². The van der Waals surface area contributed by atoms with Gasteiger partial charge in [0.1, 0.15) is 10.4 Å². The van der Waals surface area contributed by atoms with E-state index in [1.54, 1.807) is 42.4 Å². The van der Waals surface area contributed by atoms with Crippen molar-refractivity contribution in [3.63, 3.8) is 0 Å². The van der Waals surface area contributed by atoms with Crippen LogP contribution < -0.4 is 15.8 Å². The van der Waals surface area contributed by atoms with E-state index in [1.165, 1.54) is 23.1 Å². The smallest absolute Gasteiger partial charge is 0.263 e. The lowest BCUT2D eigenvalue weighted by atomic mass is 9.96. The minimum atomic E-state index is -1.07. The van der Waals surface area contributed by atoms with Gasteiger partial charge < -0.3 is 5.32 Å². The number of benzene rings is 1. The number of para-hydroxylation sites is 2. The van der Waals surface area contributed by atoms with Gasteiger partial charge in [0.05, 0.1) is 22.0 Å². The highest BCUT2D eigenvalue weighted by Crippen LogP contribution is 2.39. The Bertz CT molecular complexity index is 1360. The van der Waals surface area contributed by atoms with Crippen molar-refractivity contribution in [2.24, 2.45) is 0 Å². The molecule has 2 amide bonds. The third-order valence-corrected chi connectivity index (χ3v) is 8.10. The van der Waals surface area contributed by atoms with E-state index >= 15 is 0 Å². The molecule has 9 heteroatoms. The number of allylic oxidation sites excluding steroid dienone is 1. The summed E-state index contributed by atoms with van der Waals surface area (Å²) in [5.41, 5.74) is 0.979. The van der Waals surface area contributed by atoms with Crippen LogP contribution in [0.5, 0.6) is 0 Å². The van der Waals surface area contributed by atoms with Crippen molar-refractivity contribution in [3.05, 3.63) is 57.7 Å². The molecular weight excluding hydrogens is 456 g/mol. The van der Waals surface area contributed by atoms with Crippen LogP contribution in [-0.2, 0) is 16.1 Å². The van der Waals surface area contributed by atoms with Crippen LogP contribution in [0.15, 0.2) is 46.9 Å². The summed E-state index contributed by atoms with van der Waals surface area (Å²) >= 11 is 2.70.